The first kappa shape index (κ1) is 25.5. The third-order valence-electron chi connectivity index (χ3n) is 4.71. The van der Waals surface area contributed by atoms with Crippen LogP contribution in [0.1, 0.15) is 25.3 Å². The van der Waals surface area contributed by atoms with Crippen molar-refractivity contribution < 1.29 is 28.6 Å². The number of benzene rings is 2. The van der Waals surface area contributed by atoms with Crippen LogP contribution in [0, 0.1) is 0 Å². The summed E-state index contributed by atoms with van der Waals surface area (Å²) in [4.78, 5) is 24.4. The molecule has 0 bridgehead atoms. The molecule has 0 aliphatic carbocycles. The van der Waals surface area contributed by atoms with Crippen molar-refractivity contribution in [1.29, 1.82) is 0 Å². The Morgan fingerprint density at radius 3 is 2.38 bits per heavy atom. The molecule has 1 unspecified atom stereocenters. The van der Waals surface area contributed by atoms with E-state index in [0.717, 1.165) is 5.56 Å². The lowest BCUT2D eigenvalue weighted by molar-refractivity contribution is -0.131. The van der Waals surface area contributed by atoms with Gasteiger partial charge in [0.25, 0.3) is 13.4 Å². The van der Waals surface area contributed by atoms with Gasteiger partial charge in [-0.05, 0) is 49.6 Å². The third kappa shape index (κ3) is 7.76. The van der Waals surface area contributed by atoms with Crippen molar-refractivity contribution in [2.24, 2.45) is 0 Å². The molecule has 32 heavy (non-hydrogen) atoms. The van der Waals surface area contributed by atoms with E-state index in [0.29, 0.717) is 24.0 Å². The number of amides is 2. The van der Waals surface area contributed by atoms with Crippen LogP contribution in [0.3, 0.4) is 0 Å². The zero-order valence-electron chi connectivity index (χ0n) is 18.2. The van der Waals surface area contributed by atoms with Gasteiger partial charge in [-0.25, -0.2) is 10.6 Å². The molecule has 2 aromatic rings. The van der Waals surface area contributed by atoms with Crippen molar-refractivity contribution in [3.8, 4) is 5.75 Å². The lowest BCUT2D eigenvalue weighted by Gasteiger charge is -2.24. The van der Waals surface area contributed by atoms with Crippen molar-refractivity contribution in [2.45, 2.75) is 32.2 Å². The molecule has 0 radical (unpaired) electrons. The average molecular weight is 463 g/mol. The molecule has 2 atom stereocenters. The van der Waals surface area contributed by atoms with E-state index in [1.54, 1.807) is 36.7 Å². The van der Waals surface area contributed by atoms with Gasteiger partial charge in [0.2, 0.25) is 5.91 Å². The Hall–Kier alpha value is -2.71. The van der Waals surface area contributed by atoms with Gasteiger partial charge in [-0.15, -0.1) is 0 Å². The van der Waals surface area contributed by atoms with Crippen LogP contribution in [0.25, 0.3) is 0 Å². The van der Waals surface area contributed by atoms with E-state index in [4.69, 9.17) is 14.5 Å². The molecule has 4 N–H and O–H groups in total. The summed E-state index contributed by atoms with van der Waals surface area (Å²) in [6, 6.07) is 15.0. The van der Waals surface area contributed by atoms with Gasteiger partial charge in [-0.2, -0.15) is 0 Å². The molecular formula is C22H30N3O6P. The number of carbonyl (C=O) groups excluding carboxylic acids is 2. The molecule has 0 aliphatic heterocycles. The molecule has 0 aliphatic rings. The maximum atomic E-state index is 13.5. The zero-order valence-corrected chi connectivity index (χ0v) is 19.1. The van der Waals surface area contributed by atoms with Gasteiger partial charge in [0, 0.05) is 13.0 Å². The first-order chi connectivity index (χ1) is 15.4. The third-order valence-corrected chi connectivity index (χ3v) is 6.97. The molecule has 2 rings (SSSR count). The number of nitrogens with one attached hydrogen (secondary N) is 3. The highest BCUT2D eigenvalue weighted by molar-refractivity contribution is 7.65. The highest BCUT2D eigenvalue weighted by Gasteiger charge is 2.32. The van der Waals surface area contributed by atoms with Crippen LogP contribution in [0.5, 0.6) is 5.75 Å². The van der Waals surface area contributed by atoms with E-state index < -0.39 is 19.5 Å². The number of ether oxygens (including phenoxy) is 1. The van der Waals surface area contributed by atoms with Gasteiger partial charge in [0.05, 0.1) is 25.1 Å². The van der Waals surface area contributed by atoms with Crippen LogP contribution < -0.4 is 25.9 Å². The van der Waals surface area contributed by atoms with Crippen LogP contribution in [0.4, 0.5) is 0 Å². The second-order valence-electron chi connectivity index (χ2n) is 6.95. The number of carbonyl (C=O) groups is 2. The van der Waals surface area contributed by atoms with Crippen LogP contribution in [0.15, 0.2) is 54.6 Å². The Balaban J connectivity index is 1.99. The van der Waals surface area contributed by atoms with Gasteiger partial charge in [0.15, 0.2) is 0 Å². The molecule has 2 amide bonds. The smallest absolute Gasteiger partial charge is 0.300 e. The molecule has 0 heterocycles. The average Bonchev–Trinajstić information content (AvgIpc) is 2.82. The second-order valence-corrected chi connectivity index (χ2v) is 9.09. The van der Waals surface area contributed by atoms with Crippen molar-refractivity contribution in [3.05, 3.63) is 60.2 Å². The number of hydrogen-bond donors (Lipinski definition) is 4. The van der Waals surface area contributed by atoms with Crippen molar-refractivity contribution in [1.82, 2.24) is 15.9 Å². The van der Waals surface area contributed by atoms with Gasteiger partial charge in [-0.1, -0.05) is 30.3 Å². The standard InChI is InChI=1S/C22H30N3O6P/c1-3-31-32(29,19-11-9-18(30-2)10-12-19)25-20(22(27)24-28)13-14-21(26)23-16-15-17-7-5-4-6-8-17/h4-12,20,28H,3,13-16H2,1-2H3,(H,23,26)(H,24,27)(H,25,29)/t20-,32?/m0/s1. The van der Waals surface area contributed by atoms with Crippen LogP contribution >= 0.6 is 7.52 Å². The zero-order chi connectivity index (χ0) is 23.4. The van der Waals surface area contributed by atoms with E-state index in [2.05, 4.69) is 10.4 Å². The van der Waals surface area contributed by atoms with E-state index in [1.165, 1.54) is 7.11 Å². The number of hydrogen-bond acceptors (Lipinski definition) is 6. The fourth-order valence-corrected chi connectivity index (χ4v) is 4.97. The highest BCUT2D eigenvalue weighted by atomic mass is 31.2. The quantitative estimate of drug-likeness (QED) is 0.204. The van der Waals surface area contributed by atoms with Crippen molar-refractivity contribution in [2.75, 3.05) is 20.3 Å². The summed E-state index contributed by atoms with van der Waals surface area (Å²) < 4.78 is 24.1. The molecular weight excluding hydrogens is 433 g/mol. The Morgan fingerprint density at radius 1 is 1.09 bits per heavy atom. The second kappa shape index (κ2) is 13.0. The normalized spacial score (nSPS) is 13.6. The molecule has 0 saturated heterocycles. The summed E-state index contributed by atoms with van der Waals surface area (Å²) in [5.74, 6) is -0.488. The molecule has 9 nitrogen and oxygen atoms in total. The first-order valence-corrected chi connectivity index (χ1v) is 12.0. The predicted molar refractivity (Wildman–Crippen MR) is 121 cm³/mol. The maximum Gasteiger partial charge on any atom is 0.300 e. The maximum absolute atomic E-state index is 13.5. The summed E-state index contributed by atoms with van der Waals surface area (Å²) in [5, 5.41) is 15.0. The molecule has 0 fully saturated rings. The SMILES string of the molecule is CCOP(=O)(N[C@@H](CCC(=O)NCCc1ccccc1)C(=O)NO)c1ccc(OC)cc1. The molecule has 10 heteroatoms. The minimum atomic E-state index is -3.66. The Labute approximate surface area is 188 Å². The molecule has 0 saturated carbocycles. The lowest BCUT2D eigenvalue weighted by atomic mass is 10.1. The fraction of sp³-hybridized carbons (Fsp3) is 0.364. The largest absolute Gasteiger partial charge is 0.497 e. The molecule has 2 aromatic carbocycles. The van der Waals surface area contributed by atoms with E-state index in [9.17, 15) is 14.2 Å². The van der Waals surface area contributed by atoms with Gasteiger partial charge >= 0.3 is 0 Å². The number of rotatable bonds is 13. The first-order valence-electron chi connectivity index (χ1n) is 10.3. The number of hydroxylamine groups is 1. The van der Waals surface area contributed by atoms with Gasteiger partial charge < -0.3 is 14.6 Å². The minimum absolute atomic E-state index is 0.00534. The van der Waals surface area contributed by atoms with Crippen LogP contribution in [0.2, 0.25) is 0 Å². The van der Waals surface area contributed by atoms with Crippen LogP contribution in [-0.2, 0) is 25.1 Å². The van der Waals surface area contributed by atoms with E-state index >= 15 is 0 Å². The fourth-order valence-electron chi connectivity index (χ4n) is 3.04. The number of methoxy groups -OCH3 is 1. The molecule has 174 valence electrons. The monoisotopic (exact) mass is 463 g/mol. The molecule has 0 spiro atoms. The van der Waals surface area contributed by atoms with Crippen molar-refractivity contribution >= 4 is 24.6 Å². The van der Waals surface area contributed by atoms with Crippen LogP contribution in [-0.4, -0.2) is 43.3 Å². The Bertz CT molecular complexity index is 908. The molecule has 0 aromatic heterocycles. The van der Waals surface area contributed by atoms with E-state index in [1.807, 2.05) is 30.3 Å². The summed E-state index contributed by atoms with van der Waals surface area (Å²) in [6.45, 7) is 2.26. The Kier molecular flexibility index (Phi) is 10.4. The summed E-state index contributed by atoms with van der Waals surface area (Å²) in [7, 11) is -2.14. The summed E-state index contributed by atoms with van der Waals surface area (Å²) in [5.41, 5.74) is 2.66. The minimum Gasteiger partial charge on any atom is -0.497 e. The summed E-state index contributed by atoms with van der Waals surface area (Å²) in [6.07, 6.45) is 0.688. The van der Waals surface area contributed by atoms with Gasteiger partial charge in [-0.3, -0.25) is 19.4 Å². The highest BCUT2D eigenvalue weighted by Crippen LogP contribution is 2.42. The lowest BCUT2D eigenvalue weighted by Crippen LogP contribution is -2.44. The Morgan fingerprint density at radius 2 is 1.78 bits per heavy atom. The topological polar surface area (TPSA) is 126 Å². The summed E-state index contributed by atoms with van der Waals surface area (Å²) >= 11 is 0. The van der Waals surface area contributed by atoms with Gasteiger partial charge in [0.1, 0.15) is 5.75 Å². The predicted octanol–water partition coefficient (Wildman–Crippen LogP) is 2.15. The van der Waals surface area contributed by atoms with Crippen molar-refractivity contribution in [3.63, 3.8) is 0 Å². The van der Waals surface area contributed by atoms with E-state index in [-0.39, 0.29) is 25.4 Å².